The Hall–Kier alpha value is -4.88. The zero-order chi connectivity index (χ0) is 32.3. The highest BCUT2D eigenvalue weighted by atomic mass is 16.6. The molecule has 0 radical (unpaired) electrons. The van der Waals surface area contributed by atoms with Gasteiger partial charge in [-0.3, -0.25) is 0 Å². The molecule has 0 unspecified atom stereocenters. The molecule has 240 valence electrons. The Kier molecular flexibility index (Phi) is 10.7. The Bertz CT molecular complexity index is 1580. The third-order valence-corrected chi connectivity index (χ3v) is 8.42. The maximum absolute atomic E-state index is 7.15. The van der Waals surface area contributed by atoms with Crippen LogP contribution >= 0.6 is 0 Å². The summed E-state index contributed by atoms with van der Waals surface area (Å²) in [6, 6.07) is 46.7. The SMILES string of the molecule is COc1ccc(CO[C@H]2[C@H](OCc3ccc(OC)cc3)C=CO[C@@H]2COC(c2ccccc2)(c2ccccc2)c2ccccc2)cc1. The monoisotopic (exact) mass is 628 g/mol. The van der Waals surface area contributed by atoms with Crippen molar-refractivity contribution >= 4 is 0 Å². The van der Waals surface area contributed by atoms with E-state index < -0.39 is 17.8 Å². The topological polar surface area (TPSA) is 55.4 Å². The first-order valence-corrected chi connectivity index (χ1v) is 15.8. The molecule has 1 aliphatic rings. The Morgan fingerprint density at radius 2 is 1.00 bits per heavy atom. The molecule has 5 aromatic carbocycles. The highest BCUT2D eigenvalue weighted by Crippen LogP contribution is 2.41. The molecule has 3 atom stereocenters. The average molecular weight is 629 g/mol. The van der Waals surface area contributed by atoms with Crippen LogP contribution in [0.15, 0.2) is 152 Å². The van der Waals surface area contributed by atoms with Crippen LogP contribution in [0.5, 0.6) is 11.5 Å². The van der Waals surface area contributed by atoms with Crippen molar-refractivity contribution in [2.24, 2.45) is 0 Å². The number of hydrogen-bond acceptors (Lipinski definition) is 6. The van der Waals surface area contributed by atoms with E-state index in [1.165, 1.54) is 0 Å². The van der Waals surface area contributed by atoms with E-state index in [1.54, 1.807) is 20.5 Å². The number of benzene rings is 5. The van der Waals surface area contributed by atoms with Gasteiger partial charge < -0.3 is 28.4 Å². The summed E-state index contributed by atoms with van der Waals surface area (Å²) in [6.45, 7) is 1.00. The molecule has 6 heteroatoms. The summed E-state index contributed by atoms with van der Waals surface area (Å²) < 4.78 is 37.2. The molecule has 0 aromatic heterocycles. The van der Waals surface area contributed by atoms with Crippen molar-refractivity contribution in [3.63, 3.8) is 0 Å². The van der Waals surface area contributed by atoms with Crippen LogP contribution in [0.25, 0.3) is 0 Å². The van der Waals surface area contributed by atoms with Gasteiger partial charge in [-0.1, -0.05) is 115 Å². The van der Waals surface area contributed by atoms with Gasteiger partial charge in [-0.15, -0.1) is 0 Å². The first kappa shape index (κ1) is 32.1. The van der Waals surface area contributed by atoms with Gasteiger partial charge in [0.2, 0.25) is 0 Å². The first-order valence-electron chi connectivity index (χ1n) is 15.8. The standard InChI is InChI=1S/C41H40O6/c1-42-36-22-18-31(19-23-36)28-45-38-26-27-44-39(40(38)46-29-32-20-24-37(43-2)25-21-32)30-47-41(33-12-6-3-7-13-33,34-14-8-4-9-15-34)35-16-10-5-11-17-35/h3-27,38-40H,28-30H2,1-2H3/t38-,39-,40+/m1/s1. The Morgan fingerprint density at radius 3 is 1.45 bits per heavy atom. The summed E-state index contributed by atoms with van der Waals surface area (Å²) in [5, 5.41) is 0. The minimum atomic E-state index is -0.895. The molecule has 0 aliphatic carbocycles. The van der Waals surface area contributed by atoms with Gasteiger partial charge in [0, 0.05) is 0 Å². The van der Waals surface area contributed by atoms with E-state index >= 15 is 0 Å². The van der Waals surface area contributed by atoms with Gasteiger partial charge in [-0.25, -0.2) is 0 Å². The minimum Gasteiger partial charge on any atom is -0.497 e. The predicted molar refractivity (Wildman–Crippen MR) is 182 cm³/mol. The lowest BCUT2D eigenvalue weighted by molar-refractivity contribution is -0.156. The van der Waals surface area contributed by atoms with Crippen molar-refractivity contribution < 1.29 is 28.4 Å². The maximum Gasteiger partial charge on any atom is 0.150 e. The molecule has 0 spiro atoms. The van der Waals surface area contributed by atoms with E-state index in [0.717, 1.165) is 39.3 Å². The molecule has 1 heterocycles. The molecule has 0 saturated carbocycles. The smallest absolute Gasteiger partial charge is 0.150 e. The number of rotatable bonds is 14. The van der Waals surface area contributed by atoms with Gasteiger partial charge >= 0.3 is 0 Å². The fourth-order valence-corrected chi connectivity index (χ4v) is 5.91. The average Bonchev–Trinajstić information content (AvgIpc) is 3.15. The van der Waals surface area contributed by atoms with Crippen molar-refractivity contribution in [3.8, 4) is 11.5 Å². The lowest BCUT2D eigenvalue weighted by Gasteiger charge is -2.40. The van der Waals surface area contributed by atoms with Crippen LogP contribution in [-0.4, -0.2) is 39.1 Å². The summed E-state index contributed by atoms with van der Waals surface area (Å²) in [5.74, 6) is 1.60. The van der Waals surface area contributed by atoms with Gasteiger partial charge in [0.25, 0.3) is 0 Å². The van der Waals surface area contributed by atoms with Crippen LogP contribution in [0.3, 0.4) is 0 Å². The molecule has 0 N–H and O–H groups in total. The largest absolute Gasteiger partial charge is 0.497 e. The van der Waals surface area contributed by atoms with E-state index in [0.29, 0.717) is 13.2 Å². The molecule has 0 amide bonds. The number of ether oxygens (including phenoxy) is 6. The zero-order valence-electron chi connectivity index (χ0n) is 26.7. The van der Waals surface area contributed by atoms with Crippen LogP contribution in [0.2, 0.25) is 0 Å². The Labute approximate surface area is 277 Å². The summed E-state index contributed by atoms with van der Waals surface area (Å²) in [6.07, 6.45) is 2.32. The minimum absolute atomic E-state index is 0.235. The molecule has 0 fully saturated rings. The van der Waals surface area contributed by atoms with Crippen molar-refractivity contribution in [2.45, 2.75) is 37.1 Å². The molecule has 0 saturated heterocycles. The van der Waals surface area contributed by atoms with E-state index in [1.807, 2.05) is 109 Å². The second kappa shape index (κ2) is 15.6. The fourth-order valence-electron chi connectivity index (χ4n) is 5.91. The van der Waals surface area contributed by atoms with Gasteiger partial charge in [-0.05, 0) is 58.2 Å². The number of hydrogen-bond donors (Lipinski definition) is 0. The summed E-state index contributed by atoms with van der Waals surface area (Å²) >= 11 is 0. The highest BCUT2D eigenvalue weighted by Gasteiger charge is 2.41. The third-order valence-electron chi connectivity index (χ3n) is 8.42. The van der Waals surface area contributed by atoms with E-state index in [2.05, 4.69) is 36.4 Å². The Morgan fingerprint density at radius 1 is 0.553 bits per heavy atom. The summed E-state index contributed by atoms with van der Waals surface area (Å²) in [5.41, 5.74) is 4.21. The van der Waals surface area contributed by atoms with Crippen molar-refractivity contribution in [2.75, 3.05) is 20.8 Å². The van der Waals surface area contributed by atoms with Gasteiger partial charge in [0.1, 0.15) is 35.4 Å². The molecule has 5 aromatic rings. The van der Waals surface area contributed by atoms with Gasteiger partial charge in [0.15, 0.2) is 0 Å². The maximum atomic E-state index is 7.15. The van der Waals surface area contributed by atoms with Crippen LogP contribution in [-0.2, 0) is 37.8 Å². The van der Waals surface area contributed by atoms with Crippen molar-refractivity contribution in [1.29, 1.82) is 0 Å². The molecule has 6 rings (SSSR count). The van der Waals surface area contributed by atoms with Gasteiger partial charge in [0.05, 0.1) is 40.3 Å². The van der Waals surface area contributed by atoms with E-state index in [9.17, 15) is 0 Å². The highest BCUT2D eigenvalue weighted by molar-refractivity contribution is 5.47. The third kappa shape index (κ3) is 7.58. The normalized spacial score (nSPS) is 17.5. The zero-order valence-corrected chi connectivity index (χ0v) is 26.7. The lowest BCUT2D eigenvalue weighted by atomic mass is 9.80. The summed E-state index contributed by atoms with van der Waals surface area (Å²) in [7, 11) is 3.32. The van der Waals surface area contributed by atoms with Crippen LogP contribution in [0, 0.1) is 0 Å². The van der Waals surface area contributed by atoms with Gasteiger partial charge in [-0.2, -0.15) is 0 Å². The lowest BCUT2D eigenvalue weighted by Crippen LogP contribution is -2.47. The van der Waals surface area contributed by atoms with Crippen LogP contribution in [0.1, 0.15) is 27.8 Å². The molecule has 47 heavy (non-hydrogen) atoms. The van der Waals surface area contributed by atoms with Crippen molar-refractivity contribution in [1.82, 2.24) is 0 Å². The van der Waals surface area contributed by atoms with Crippen LogP contribution in [0.4, 0.5) is 0 Å². The Balaban J connectivity index is 1.30. The summed E-state index contributed by atoms with van der Waals surface area (Å²) in [4.78, 5) is 0. The van der Waals surface area contributed by atoms with E-state index in [4.69, 9.17) is 28.4 Å². The van der Waals surface area contributed by atoms with E-state index in [-0.39, 0.29) is 12.7 Å². The second-order valence-electron chi connectivity index (χ2n) is 11.3. The number of methoxy groups -OCH3 is 2. The predicted octanol–water partition coefficient (Wildman–Crippen LogP) is 8.10. The molecule has 1 aliphatic heterocycles. The molecular formula is C41H40O6. The second-order valence-corrected chi connectivity index (χ2v) is 11.3. The fraction of sp³-hybridized carbons (Fsp3) is 0.220. The molecule has 6 nitrogen and oxygen atoms in total. The molecular weight excluding hydrogens is 588 g/mol. The van der Waals surface area contributed by atoms with Crippen LogP contribution < -0.4 is 9.47 Å². The first-order chi connectivity index (χ1) is 23.2. The quantitative estimate of drug-likeness (QED) is 0.116. The van der Waals surface area contributed by atoms with Crippen molar-refractivity contribution in [3.05, 3.63) is 180 Å². The molecule has 0 bridgehead atoms.